The molecular weight excluding hydrogens is 184 g/mol. The van der Waals surface area contributed by atoms with Gasteiger partial charge in [0.05, 0.1) is 0 Å². The van der Waals surface area contributed by atoms with Crippen LogP contribution in [0.2, 0.25) is 0 Å². The molecule has 2 unspecified atom stereocenters. The third kappa shape index (κ3) is 2.54. The predicted molar refractivity (Wildman–Crippen MR) is 64.9 cm³/mol. The lowest BCUT2D eigenvalue weighted by molar-refractivity contribution is 0.0149. The number of likely N-dealkylation sites (tertiary alicyclic amines) is 1. The van der Waals surface area contributed by atoms with Crippen molar-refractivity contribution in [3.05, 3.63) is 0 Å². The minimum Gasteiger partial charge on any atom is -0.328 e. The Bertz CT molecular complexity index is 213. The normalized spacial score (nSPS) is 37.8. The summed E-state index contributed by atoms with van der Waals surface area (Å²) in [5.74, 6) is 0. The summed E-state index contributed by atoms with van der Waals surface area (Å²) in [6, 6.07) is 1.23. The van der Waals surface area contributed by atoms with Crippen molar-refractivity contribution in [2.75, 3.05) is 6.54 Å². The van der Waals surface area contributed by atoms with Crippen LogP contribution in [-0.2, 0) is 0 Å². The van der Waals surface area contributed by atoms with Crippen molar-refractivity contribution in [2.24, 2.45) is 5.73 Å². The van der Waals surface area contributed by atoms with E-state index in [0.717, 1.165) is 6.04 Å². The lowest BCUT2D eigenvalue weighted by atomic mass is 9.83. The standard InChI is InChI=1S/C13H26N2/c1-13(2)8-3-4-9-15(13)12-7-5-6-11(14)10-12/h11-12H,3-10,14H2,1-2H3. The second-order valence-corrected chi connectivity index (χ2v) is 6.04. The molecule has 2 atom stereocenters. The van der Waals surface area contributed by atoms with Gasteiger partial charge in [-0.15, -0.1) is 0 Å². The molecule has 0 aromatic heterocycles. The Kier molecular flexibility index (Phi) is 3.36. The quantitative estimate of drug-likeness (QED) is 0.720. The van der Waals surface area contributed by atoms with Crippen LogP contribution < -0.4 is 5.73 Å². The number of hydrogen-bond acceptors (Lipinski definition) is 2. The third-order valence-corrected chi connectivity index (χ3v) is 4.34. The molecule has 0 amide bonds. The molecule has 88 valence electrons. The summed E-state index contributed by atoms with van der Waals surface area (Å²) in [5, 5.41) is 0. The summed E-state index contributed by atoms with van der Waals surface area (Å²) in [4.78, 5) is 2.75. The lowest BCUT2D eigenvalue weighted by Crippen LogP contribution is -2.54. The topological polar surface area (TPSA) is 29.3 Å². The van der Waals surface area contributed by atoms with E-state index in [1.54, 1.807) is 0 Å². The van der Waals surface area contributed by atoms with Gasteiger partial charge in [-0.3, -0.25) is 4.90 Å². The Hall–Kier alpha value is -0.0800. The minimum atomic E-state index is 0.417. The Morgan fingerprint density at radius 1 is 1.13 bits per heavy atom. The first-order valence-electron chi connectivity index (χ1n) is 6.62. The fraction of sp³-hybridized carbons (Fsp3) is 1.00. The van der Waals surface area contributed by atoms with Crippen LogP contribution in [0.3, 0.4) is 0 Å². The highest BCUT2D eigenvalue weighted by molar-refractivity contribution is 4.92. The minimum absolute atomic E-state index is 0.417. The first-order valence-corrected chi connectivity index (χ1v) is 6.62. The number of rotatable bonds is 1. The van der Waals surface area contributed by atoms with Crippen molar-refractivity contribution >= 4 is 0 Å². The summed E-state index contributed by atoms with van der Waals surface area (Å²) in [6.45, 7) is 6.11. The van der Waals surface area contributed by atoms with Crippen molar-refractivity contribution in [1.29, 1.82) is 0 Å². The zero-order valence-corrected chi connectivity index (χ0v) is 10.3. The Labute approximate surface area is 94.2 Å². The largest absolute Gasteiger partial charge is 0.328 e. The van der Waals surface area contributed by atoms with E-state index in [4.69, 9.17) is 5.73 Å². The van der Waals surface area contributed by atoms with Gasteiger partial charge in [-0.25, -0.2) is 0 Å². The molecule has 0 bridgehead atoms. The zero-order valence-electron chi connectivity index (χ0n) is 10.3. The van der Waals surface area contributed by atoms with E-state index in [1.165, 1.54) is 51.5 Å². The maximum Gasteiger partial charge on any atom is 0.0156 e. The van der Waals surface area contributed by atoms with E-state index in [9.17, 15) is 0 Å². The Balaban J connectivity index is 2.01. The Morgan fingerprint density at radius 3 is 2.60 bits per heavy atom. The molecular formula is C13H26N2. The van der Waals surface area contributed by atoms with Crippen molar-refractivity contribution in [2.45, 2.75) is 76.4 Å². The van der Waals surface area contributed by atoms with E-state index < -0.39 is 0 Å². The van der Waals surface area contributed by atoms with E-state index in [2.05, 4.69) is 18.7 Å². The molecule has 2 rings (SSSR count). The lowest BCUT2D eigenvalue weighted by Gasteiger charge is -2.49. The van der Waals surface area contributed by atoms with Gasteiger partial charge in [0, 0.05) is 17.6 Å². The van der Waals surface area contributed by atoms with Gasteiger partial charge in [-0.2, -0.15) is 0 Å². The first kappa shape index (κ1) is 11.4. The fourth-order valence-electron chi connectivity index (χ4n) is 3.45. The summed E-state index contributed by atoms with van der Waals surface area (Å²) in [6.07, 6.45) is 9.32. The van der Waals surface area contributed by atoms with E-state index in [-0.39, 0.29) is 0 Å². The Morgan fingerprint density at radius 2 is 1.93 bits per heavy atom. The SMILES string of the molecule is CC1(C)CCCCN1C1CCCC(N)C1. The number of piperidine rings is 1. The molecule has 1 heterocycles. The van der Waals surface area contributed by atoms with Gasteiger partial charge in [0.1, 0.15) is 0 Å². The highest BCUT2D eigenvalue weighted by Crippen LogP contribution is 2.33. The summed E-state index contributed by atoms with van der Waals surface area (Å²) in [5.41, 5.74) is 6.51. The van der Waals surface area contributed by atoms with Gasteiger partial charge in [0.2, 0.25) is 0 Å². The van der Waals surface area contributed by atoms with Gasteiger partial charge in [0.15, 0.2) is 0 Å². The fourth-order valence-corrected chi connectivity index (χ4v) is 3.45. The monoisotopic (exact) mass is 210 g/mol. The molecule has 0 aromatic rings. The summed E-state index contributed by atoms with van der Waals surface area (Å²) >= 11 is 0. The van der Waals surface area contributed by atoms with Crippen molar-refractivity contribution in [3.63, 3.8) is 0 Å². The number of nitrogens with two attached hydrogens (primary N) is 1. The molecule has 1 aliphatic heterocycles. The molecule has 0 aromatic carbocycles. The van der Waals surface area contributed by atoms with E-state index >= 15 is 0 Å². The molecule has 1 saturated heterocycles. The van der Waals surface area contributed by atoms with Crippen LogP contribution in [0.15, 0.2) is 0 Å². The van der Waals surface area contributed by atoms with Crippen LogP contribution in [0.5, 0.6) is 0 Å². The van der Waals surface area contributed by atoms with E-state index in [0.29, 0.717) is 11.6 Å². The summed E-state index contributed by atoms with van der Waals surface area (Å²) < 4.78 is 0. The molecule has 0 radical (unpaired) electrons. The van der Waals surface area contributed by atoms with Crippen molar-refractivity contribution in [3.8, 4) is 0 Å². The van der Waals surface area contributed by atoms with Crippen molar-refractivity contribution < 1.29 is 0 Å². The van der Waals surface area contributed by atoms with Gasteiger partial charge in [-0.05, 0) is 52.5 Å². The highest BCUT2D eigenvalue weighted by atomic mass is 15.2. The van der Waals surface area contributed by atoms with Crippen LogP contribution in [0.25, 0.3) is 0 Å². The van der Waals surface area contributed by atoms with Crippen LogP contribution >= 0.6 is 0 Å². The zero-order chi connectivity index (χ0) is 10.9. The van der Waals surface area contributed by atoms with Crippen molar-refractivity contribution in [1.82, 2.24) is 4.90 Å². The number of hydrogen-bond donors (Lipinski definition) is 1. The van der Waals surface area contributed by atoms with Crippen LogP contribution in [0.4, 0.5) is 0 Å². The first-order chi connectivity index (χ1) is 7.09. The maximum atomic E-state index is 6.09. The third-order valence-electron chi connectivity index (χ3n) is 4.34. The van der Waals surface area contributed by atoms with Gasteiger partial charge in [-0.1, -0.05) is 12.8 Å². The van der Waals surface area contributed by atoms with Gasteiger partial charge in [0.25, 0.3) is 0 Å². The van der Waals surface area contributed by atoms with Gasteiger partial charge < -0.3 is 5.73 Å². The second kappa shape index (κ2) is 4.42. The molecule has 2 fully saturated rings. The highest BCUT2D eigenvalue weighted by Gasteiger charge is 2.36. The smallest absolute Gasteiger partial charge is 0.0156 e. The average molecular weight is 210 g/mol. The van der Waals surface area contributed by atoms with E-state index in [1.807, 2.05) is 0 Å². The molecule has 0 spiro atoms. The molecule has 1 aliphatic carbocycles. The molecule has 2 heteroatoms. The van der Waals surface area contributed by atoms with Crippen LogP contribution in [0.1, 0.15) is 58.8 Å². The average Bonchev–Trinajstić information content (AvgIpc) is 2.17. The van der Waals surface area contributed by atoms with Gasteiger partial charge >= 0.3 is 0 Å². The molecule has 2 nitrogen and oxygen atoms in total. The summed E-state index contributed by atoms with van der Waals surface area (Å²) in [7, 11) is 0. The molecule has 1 saturated carbocycles. The second-order valence-electron chi connectivity index (χ2n) is 6.04. The predicted octanol–water partition coefficient (Wildman–Crippen LogP) is 2.52. The molecule has 2 N–H and O–H groups in total. The number of nitrogens with zero attached hydrogens (tertiary/aromatic N) is 1. The maximum absolute atomic E-state index is 6.09. The molecule has 2 aliphatic rings. The molecule has 15 heavy (non-hydrogen) atoms. The van der Waals surface area contributed by atoms with Crippen LogP contribution in [-0.4, -0.2) is 29.1 Å². The van der Waals surface area contributed by atoms with Crippen LogP contribution in [0, 0.1) is 0 Å².